The van der Waals surface area contributed by atoms with Crippen molar-refractivity contribution in [1.82, 2.24) is 0 Å². The molecule has 1 aliphatic carbocycles. The van der Waals surface area contributed by atoms with Crippen molar-refractivity contribution in [1.29, 1.82) is 0 Å². The summed E-state index contributed by atoms with van der Waals surface area (Å²) in [6.07, 6.45) is 3.96. The minimum absolute atomic E-state index is 0.0601. The zero-order chi connectivity index (χ0) is 11.6. The molecule has 1 N–H and O–H groups in total. The maximum atomic E-state index is 13.3. The van der Waals surface area contributed by atoms with Crippen LogP contribution in [0.1, 0.15) is 32.6 Å². The Morgan fingerprint density at radius 2 is 1.94 bits per heavy atom. The Kier molecular flexibility index (Phi) is 2.95. The number of para-hydroxylation sites is 1. The van der Waals surface area contributed by atoms with Gasteiger partial charge >= 0.3 is 0 Å². The van der Waals surface area contributed by atoms with E-state index in [9.17, 15) is 9.18 Å². The maximum absolute atomic E-state index is 13.3. The molecule has 2 rings (SSSR count). The molecule has 0 aliphatic heterocycles. The first-order valence-electron chi connectivity index (χ1n) is 5.68. The highest BCUT2D eigenvalue weighted by molar-refractivity contribution is 5.95. The minimum atomic E-state index is -0.377. The molecule has 0 unspecified atom stereocenters. The second kappa shape index (κ2) is 4.24. The van der Waals surface area contributed by atoms with Crippen LogP contribution in [0.25, 0.3) is 0 Å². The lowest BCUT2D eigenvalue weighted by molar-refractivity contribution is -0.124. The number of nitrogens with one attached hydrogen (secondary N) is 1. The number of amides is 1. The molecule has 1 fully saturated rings. The van der Waals surface area contributed by atoms with Gasteiger partial charge in [-0.15, -0.1) is 0 Å². The van der Waals surface area contributed by atoms with Crippen molar-refractivity contribution in [3.05, 3.63) is 30.1 Å². The fourth-order valence-electron chi connectivity index (χ4n) is 2.22. The summed E-state index contributed by atoms with van der Waals surface area (Å²) >= 11 is 0. The van der Waals surface area contributed by atoms with Crippen LogP contribution in [0.5, 0.6) is 0 Å². The number of halogens is 1. The normalized spacial score (nSPS) is 18.4. The Bertz CT molecular complexity index is 397. The van der Waals surface area contributed by atoms with Crippen LogP contribution in [-0.2, 0) is 4.79 Å². The highest BCUT2D eigenvalue weighted by Crippen LogP contribution is 2.38. The van der Waals surface area contributed by atoms with E-state index >= 15 is 0 Å². The van der Waals surface area contributed by atoms with Crippen LogP contribution >= 0.6 is 0 Å². The van der Waals surface area contributed by atoms with Crippen LogP contribution in [0.3, 0.4) is 0 Å². The van der Waals surface area contributed by atoms with Crippen LogP contribution in [0.15, 0.2) is 24.3 Å². The van der Waals surface area contributed by atoms with E-state index in [-0.39, 0.29) is 22.8 Å². The zero-order valence-electron chi connectivity index (χ0n) is 9.42. The lowest BCUT2D eigenvalue weighted by Gasteiger charge is -2.22. The third kappa shape index (κ3) is 2.08. The Balaban J connectivity index is 2.10. The van der Waals surface area contributed by atoms with E-state index in [2.05, 4.69) is 5.32 Å². The summed E-state index contributed by atoms with van der Waals surface area (Å²) < 4.78 is 13.3. The molecular formula is C13H16FNO. The van der Waals surface area contributed by atoms with E-state index in [1.165, 1.54) is 6.07 Å². The van der Waals surface area contributed by atoms with E-state index in [1.54, 1.807) is 18.2 Å². The molecular weight excluding hydrogens is 205 g/mol. The molecule has 1 aliphatic rings. The van der Waals surface area contributed by atoms with Crippen molar-refractivity contribution < 1.29 is 9.18 Å². The molecule has 0 heterocycles. The number of hydrogen-bond acceptors (Lipinski definition) is 1. The van der Waals surface area contributed by atoms with Gasteiger partial charge in [0, 0.05) is 5.41 Å². The lowest BCUT2D eigenvalue weighted by atomic mass is 9.88. The maximum Gasteiger partial charge on any atom is 0.230 e. The molecule has 0 aromatic heterocycles. The molecule has 0 saturated heterocycles. The summed E-state index contributed by atoms with van der Waals surface area (Å²) in [6, 6.07) is 6.27. The first-order chi connectivity index (χ1) is 7.62. The van der Waals surface area contributed by atoms with Gasteiger partial charge in [0.15, 0.2) is 0 Å². The Morgan fingerprint density at radius 1 is 1.31 bits per heavy atom. The third-order valence-corrected chi connectivity index (χ3v) is 3.38. The number of carbonyl (C=O) groups is 1. The smallest absolute Gasteiger partial charge is 0.230 e. The molecule has 0 bridgehead atoms. The largest absolute Gasteiger partial charge is 0.323 e. The number of carbonyl (C=O) groups excluding carboxylic acids is 1. The van der Waals surface area contributed by atoms with E-state index in [0.29, 0.717) is 0 Å². The van der Waals surface area contributed by atoms with Crippen LogP contribution < -0.4 is 5.32 Å². The van der Waals surface area contributed by atoms with Crippen molar-refractivity contribution in [3.63, 3.8) is 0 Å². The van der Waals surface area contributed by atoms with Gasteiger partial charge < -0.3 is 5.32 Å². The summed E-state index contributed by atoms with van der Waals surface area (Å²) in [7, 11) is 0. The second-order valence-electron chi connectivity index (χ2n) is 4.70. The molecule has 0 spiro atoms. The Labute approximate surface area is 94.9 Å². The van der Waals surface area contributed by atoms with Crippen molar-refractivity contribution in [2.45, 2.75) is 32.6 Å². The molecule has 1 saturated carbocycles. The lowest BCUT2D eigenvalue weighted by Crippen LogP contribution is -2.31. The van der Waals surface area contributed by atoms with Crippen molar-refractivity contribution in [2.75, 3.05) is 5.32 Å². The number of rotatable bonds is 2. The molecule has 0 radical (unpaired) electrons. The predicted molar refractivity (Wildman–Crippen MR) is 61.6 cm³/mol. The van der Waals surface area contributed by atoms with Gasteiger partial charge in [-0.05, 0) is 25.0 Å². The van der Waals surface area contributed by atoms with Gasteiger partial charge in [-0.25, -0.2) is 4.39 Å². The molecule has 16 heavy (non-hydrogen) atoms. The molecule has 1 aromatic rings. The summed E-state index contributed by atoms with van der Waals surface area (Å²) in [5.41, 5.74) is -0.0388. The fraction of sp³-hybridized carbons (Fsp3) is 0.462. The summed E-state index contributed by atoms with van der Waals surface area (Å²) in [5, 5.41) is 2.68. The molecule has 1 amide bonds. The first kappa shape index (κ1) is 11.1. The highest BCUT2D eigenvalue weighted by atomic mass is 19.1. The quantitative estimate of drug-likeness (QED) is 0.815. The number of benzene rings is 1. The number of anilines is 1. The molecule has 86 valence electrons. The molecule has 0 atom stereocenters. The molecule has 3 heteroatoms. The average Bonchev–Trinajstić information content (AvgIpc) is 2.70. The van der Waals surface area contributed by atoms with Crippen molar-refractivity contribution in [3.8, 4) is 0 Å². The fourth-order valence-corrected chi connectivity index (χ4v) is 2.22. The van der Waals surface area contributed by atoms with Gasteiger partial charge in [-0.1, -0.05) is 31.9 Å². The van der Waals surface area contributed by atoms with Gasteiger partial charge in [0.05, 0.1) is 5.69 Å². The van der Waals surface area contributed by atoms with E-state index in [0.717, 1.165) is 25.7 Å². The predicted octanol–water partition coefficient (Wildman–Crippen LogP) is 3.34. The van der Waals surface area contributed by atoms with Gasteiger partial charge in [-0.3, -0.25) is 4.79 Å². The van der Waals surface area contributed by atoms with Gasteiger partial charge in [0.25, 0.3) is 0 Å². The Hall–Kier alpha value is -1.38. The Morgan fingerprint density at radius 3 is 2.56 bits per heavy atom. The number of hydrogen-bond donors (Lipinski definition) is 1. The van der Waals surface area contributed by atoms with Gasteiger partial charge in [0.1, 0.15) is 5.82 Å². The van der Waals surface area contributed by atoms with Gasteiger partial charge in [-0.2, -0.15) is 0 Å². The third-order valence-electron chi connectivity index (χ3n) is 3.38. The first-order valence-corrected chi connectivity index (χ1v) is 5.68. The summed E-state index contributed by atoms with van der Waals surface area (Å²) in [4.78, 5) is 12.0. The van der Waals surface area contributed by atoms with Crippen LogP contribution in [-0.4, -0.2) is 5.91 Å². The standard InChI is InChI=1S/C13H16FNO/c1-13(8-4-5-9-13)12(16)15-11-7-3-2-6-10(11)14/h2-3,6-7H,4-5,8-9H2,1H3,(H,15,16). The zero-order valence-corrected chi connectivity index (χ0v) is 9.42. The van der Waals surface area contributed by atoms with E-state index in [1.807, 2.05) is 6.92 Å². The summed E-state index contributed by atoms with van der Waals surface area (Å²) in [5.74, 6) is -0.437. The van der Waals surface area contributed by atoms with Crippen LogP contribution in [0.4, 0.5) is 10.1 Å². The minimum Gasteiger partial charge on any atom is -0.323 e. The van der Waals surface area contributed by atoms with E-state index < -0.39 is 0 Å². The monoisotopic (exact) mass is 221 g/mol. The van der Waals surface area contributed by atoms with Crippen molar-refractivity contribution >= 4 is 11.6 Å². The van der Waals surface area contributed by atoms with Crippen LogP contribution in [0.2, 0.25) is 0 Å². The van der Waals surface area contributed by atoms with E-state index in [4.69, 9.17) is 0 Å². The van der Waals surface area contributed by atoms with Crippen LogP contribution in [0, 0.1) is 11.2 Å². The molecule has 1 aromatic carbocycles. The second-order valence-corrected chi connectivity index (χ2v) is 4.70. The SMILES string of the molecule is CC1(C(=O)Nc2ccccc2F)CCCC1. The molecule has 2 nitrogen and oxygen atoms in total. The highest BCUT2D eigenvalue weighted by Gasteiger charge is 2.36. The summed E-state index contributed by atoms with van der Waals surface area (Å²) in [6.45, 7) is 1.95. The average molecular weight is 221 g/mol. The van der Waals surface area contributed by atoms with Crippen molar-refractivity contribution in [2.24, 2.45) is 5.41 Å². The van der Waals surface area contributed by atoms with Gasteiger partial charge in [0.2, 0.25) is 5.91 Å². The topological polar surface area (TPSA) is 29.1 Å².